The van der Waals surface area contributed by atoms with Gasteiger partial charge in [-0.3, -0.25) is 0 Å². The molecular formula is CeO2S. The molecule has 0 N–H and O–H groups in total. The van der Waals surface area contributed by atoms with E-state index in [-0.39, 0.29) is 41.7 Å². The molecule has 0 aliphatic heterocycles. The van der Waals surface area contributed by atoms with Crippen molar-refractivity contribution in [1.82, 2.24) is 0 Å². The van der Waals surface area contributed by atoms with E-state index in [1.54, 1.807) is 0 Å². The van der Waals surface area contributed by atoms with E-state index >= 15 is 0 Å². The third-order valence-corrected chi connectivity index (χ3v) is 0. The zero-order valence-electron chi connectivity index (χ0n) is 1.72. The molecule has 4 heavy (non-hydrogen) atoms. The first-order valence-corrected chi connectivity index (χ1v) is 1.00. The van der Waals surface area contributed by atoms with E-state index in [0.717, 1.165) is 0 Å². The molecule has 0 heterocycles. The summed E-state index contributed by atoms with van der Waals surface area (Å²) in [6, 6.07) is 0. The molecule has 0 aliphatic rings. The van der Waals surface area contributed by atoms with Crippen LogP contribution in [0.5, 0.6) is 0 Å². The third-order valence-electron chi connectivity index (χ3n) is 0. The van der Waals surface area contributed by atoms with Crippen molar-refractivity contribution in [3.63, 3.8) is 0 Å². The van der Waals surface area contributed by atoms with Gasteiger partial charge in [-0.15, -0.1) is 0 Å². The first-order chi connectivity index (χ1) is 1.41. The zero-order valence-corrected chi connectivity index (χ0v) is 5.68. The molecule has 0 saturated heterocycles. The van der Waals surface area contributed by atoms with Gasteiger partial charge >= 0.3 is 11.6 Å². The molecule has 0 atom stereocenters. The summed E-state index contributed by atoms with van der Waals surface area (Å²) in [6.07, 6.45) is 0. The van der Waals surface area contributed by atoms with Crippen molar-refractivity contribution in [2.75, 3.05) is 0 Å². The fourth-order valence-electron chi connectivity index (χ4n) is 0. The first kappa shape index (κ1) is 8.96. The summed E-state index contributed by atoms with van der Waals surface area (Å²) in [7, 11) is 0. The Labute approximate surface area is 60.9 Å². The molecule has 0 aromatic carbocycles. The zero-order chi connectivity index (χ0) is 2.71. The average Bonchev–Trinajstić information content (AvgIpc) is 0.918. The van der Waals surface area contributed by atoms with E-state index in [1.807, 2.05) is 0 Å². The molecule has 2 nitrogen and oxygen atoms in total. The van der Waals surface area contributed by atoms with Gasteiger partial charge in [0.15, 0.2) is 0 Å². The van der Waals surface area contributed by atoms with E-state index in [4.69, 9.17) is 8.42 Å². The minimum atomic E-state index is -0.750. The topological polar surface area (TPSA) is 34.1 Å². The van der Waals surface area contributed by atoms with Gasteiger partial charge in [-0.2, -0.15) is 8.42 Å². The fraction of sp³-hybridized carbons (Fsp3) is 0. The van der Waals surface area contributed by atoms with Gasteiger partial charge in [-0.25, -0.2) is 0 Å². The summed E-state index contributed by atoms with van der Waals surface area (Å²) in [5, 5.41) is 0. The van der Waals surface area contributed by atoms with Crippen molar-refractivity contribution < 1.29 is 50.2 Å². The van der Waals surface area contributed by atoms with Crippen molar-refractivity contribution in [3.05, 3.63) is 0 Å². The maximum absolute atomic E-state index is 8.29. The van der Waals surface area contributed by atoms with Crippen LogP contribution in [0.15, 0.2) is 0 Å². The normalized spacial score (nSPS) is 3.00. The Morgan fingerprint density at radius 1 is 1.25 bits per heavy atom. The SMILES string of the molecule is O=S=O.[Ce]. The molecular weight excluding hydrogens is 204 g/mol. The van der Waals surface area contributed by atoms with Gasteiger partial charge in [-0.05, 0) is 0 Å². The second-order valence-electron chi connectivity index (χ2n) is 0.0680. The van der Waals surface area contributed by atoms with Gasteiger partial charge in [0.1, 0.15) is 0 Å². The van der Waals surface area contributed by atoms with Crippen LogP contribution in [-0.2, 0) is 11.6 Å². The van der Waals surface area contributed by atoms with Crippen molar-refractivity contribution >= 4 is 11.6 Å². The molecule has 0 bridgehead atoms. The maximum atomic E-state index is 8.29. The average molecular weight is 204 g/mol. The minimum Gasteiger partial charge on any atom is -0.168 e. The van der Waals surface area contributed by atoms with E-state index in [1.165, 1.54) is 0 Å². The molecule has 0 spiro atoms. The van der Waals surface area contributed by atoms with Crippen LogP contribution in [0.4, 0.5) is 0 Å². The maximum Gasteiger partial charge on any atom is 0.335 e. The number of hydrogen-bond acceptors (Lipinski definition) is 2. The Bertz CT molecular complexity index is 27.0. The molecule has 0 rings (SSSR count). The molecule has 0 unspecified atom stereocenters. The fourth-order valence-corrected chi connectivity index (χ4v) is 0. The molecule has 0 amide bonds. The molecule has 0 fully saturated rings. The van der Waals surface area contributed by atoms with Gasteiger partial charge in [0.2, 0.25) is 0 Å². The van der Waals surface area contributed by atoms with Crippen LogP contribution in [0.25, 0.3) is 0 Å². The first-order valence-electron chi connectivity index (χ1n) is 0.333. The van der Waals surface area contributed by atoms with Crippen LogP contribution in [0, 0.1) is 41.7 Å². The Balaban J connectivity index is 0. The number of hydrogen-bond donors (Lipinski definition) is 0. The third kappa shape index (κ3) is 10.8. The number of rotatable bonds is 0. The van der Waals surface area contributed by atoms with Crippen molar-refractivity contribution in [3.8, 4) is 0 Å². The summed E-state index contributed by atoms with van der Waals surface area (Å²) in [6.45, 7) is 0. The summed E-state index contributed by atoms with van der Waals surface area (Å²) in [5.41, 5.74) is 0. The minimum absolute atomic E-state index is 0. The van der Waals surface area contributed by atoms with Gasteiger partial charge in [0.25, 0.3) is 0 Å². The molecule has 0 aromatic heterocycles. The Kier molecular flexibility index (Phi) is 19.9. The van der Waals surface area contributed by atoms with Crippen LogP contribution in [0.1, 0.15) is 0 Å². The standard InChI is InChI=1S/Ce.O2S/c;1-3-2. The Hall–Kier alpha value is 1.20. The predicted octanol–water partition coefficient (Wildman–Crippen LogP) is -0.670. The van der Waals surface area contributed by atoms with E-state index in [9.17, 15) is 0 Å². The predicted molar refractivity (Wildman–Crippen MR) is 8.92 cm³/mol. The molecule has 0 aromatic rings. The van der Waals surface area contributed by atoms with E-state index in [2.05, 4.69) is 0 Å². The van der Waals surface area contributed by atoms with Gasteiger partial charge in [-0.1, -0.05) is 0 Å². The molecule has 22 valence electrons. The summed E-state index contributed by atoms with van der Waals surface area (Å²) in [4.78, 5) is 0. The van der Waals surface area contributed by atoms with Crippen LogP contribution in [0.2, 0.25) is 0 Å². The Morgan fingerprint density at radius 2 is 1.25 bits per heavy atom. The van der Waals surface area contributed by atoms with Crippen LogP contribution < -0.4 is 0 Å². The molecule has 0 aliphatic carbocycles. The molecule has 4 heteroatoms. The quantitative estimate of drug-likeness (QED) is 0.524. The van der Waals surface area contributed by atoms with Gasteiger partial charge < -0.3 is 0 Å². The van der Waals surface area contributed by atoms with Gasteiger partial charge in [0.05, 0.1) is 0 Å². The van der Waals surface area contributed by atoms with Crippen LogP contribution in [0.3, 0.4) is 0 Å². The Morgan fingerprint density at radius 3 is 1.25 bits per heavy atom. The smallest absolute Gasteiger partial charge is 0.168 e. The monoisotopic (exact) mass is 204 g/mol. The second kappa shape index (κ2) is 8.89. The molecule has 0 radical (unpaired) electrons. The van der Waals surface area contributed by atoms with Crippen molar-refractivity contribution in [2.24, 2.45) is 0 Å². The summed E-state index contributed by atoms with van der Waals surface area (Å²) >= 11 is -0.750. The van der Waals surface area contributed by atoms with Crippen molar-refractivity contribution in [2.45, 2.75) is 0 Å². The summed E-state index contributed by atoms with van der Waals surface area (Å²) in [5.74, 6) is 0. The molecule has 0 saturated carbocycles. The van der Waals surface area contributed by atoms with Crippen LogP contribution in [-0.4, -0.2) is 8.42 Å². The van der Waals surface area contributed by atoms with Gasteiger partial charge in [0, 0.05) is 41.7 Å². The van der Waals surface area contributed by atoms with Crippen molar-refractivity contribution in [1.29, 1.82) is 0 Å². The second-order valence-corrected chi connectivity index (χ2v) is 0.204. The largest absolute Gasteiger partial charge is 0.335 e. The van der Waals surface area contributed by atoms with Crippen LogP contribution >= 0.6 is 0 Å². The van der Waals surface area contributed by atoms with E-state index in [0.29, 0.717) is 0 Å². The van der Waals surface area contributed by atoms with E-state index < -0.39 is 11.6 Å². The summed E-state index contributed by atoms with van der Waals surface area (Å²) < 4.78 is 16.6.